The van der Waals surface area contributed by atoms with Gasteiger partial charge in [-0.3, -0.25) is 9.11 Å². The second-order valence-electron chi connectivity index (χ2n) is 1.50. The first-order valence-corrected chi connectivity index (χ1v) is 6.61. The molecule has 94 valence electrons. The molecular formula is H5O12PS2. The van der Waals surface area contributed by atoms with Gasteiger partial charge in [-0.15, -0.1) is 0 Å². The first kappa shape index (κ1) is 17.3. The number of phosphoric acid groups is 1. The molecule has 0 aliphatic carbocycles. The number of hydrogen-bond acceptors (Lipinski definition) is 7. The van der Waals surface area contributed by atoms with Crippen LogP contribution in [0.25, 0.3) is 0 Å². The van der Waals surface area contributed by atoms with Gasteiger partial charge in [0.05, 0.1) is 0 Å². The highest BCUT2D eigenvalue weighted by molar-refractivity contribution is 7.83. The summed E-state index contributed by atoms with van der Waals surface area (Å²) in [6.07, 6.45) is 0. The largest absolute Gasteiger partial charge is 0.466 e. The highest BCUT2D eigenvalue weighted by Gasteiger charge is 2.13. The van der Waals surface area contributed by atoms with Gasteiger partial charge in [0.1, 0.15) is 0 Å². The second-order valence-corrected chi connectivity index (χ2v) is 4.51. The minimum atomic E-state index is -5.02. The Morgan fingerprint density at radius 3 is 1.00 bits per heavy atom. The molecule has 0 bridgehead atoms. The summed E-state index contributed by atoms with van der Waals surface area (Å²) in [5.74, 6) is 0. The van der Waals surface area contributed by atoms with E-state index in [0.29, 0.717) is 0 Å². The third-order valence-corrected chi connectivity index (χ3v) is 0.766. The van der Waals surface area contributed by atoms with E-state index in [-0.39, 0.29) is 0 Å². The molecule has 0 saturated heterocycles. The van der Waals surface area contributed by atoms with E-state index in [1.807, 2.05) is 0 Å². The Morgan fingerprint density at radius 1 is 0.800 bits per heavy atom. The standard InChI is InChI=1S/H2O8S2.H3O4P/c1-9(2,3)7-8-10(4,5)6;1-5(2,3)4/h(H,1,2,3)(H,4,5,6);(H3,1,2,3,4). The predicted octanol–water partition coefficient (Wildman–Crippen LogP) is -2.39. The molecule has 5 N–H and O–H groups in total. The van der Waals surface area contributed by atoms with Crippen LogP contribution < -0.4 is 0 Å². The highest BCUT2D eigenvalue weighted by atomic mass is 32.3. The second kappa shape index (κ2) is 5.80. The summed E-state index contributed by atoms with van der Waals surface area (Å²) in [5, 5.41) is 0. The summed E-state index contributed by atoms with van der Waals surface area (Å²) in [5.41, 5.74) is 0. The maximum absolute atomic E-state index is 9.51. The van der Waals surface area contributed by atoms with E-state index in [0.717, 1.165) is 0 Å². The lowest BCUT2D eigenvalue weighted by Crippen LogP contribution is -2.10. The minimum absolute atomic E-state index is 2.78. The Hall–Kier alpha value is -0.150. The van der Waals surface area contributed by atoms with Crippen molar-refractivity contribution in [3.05, 3.63) is 0 Å². The third kappa shape index (κ3) is 41.4. The molecule has 0 atom stereocenters. The van der Waals surface area contributed by atoms with E-state index in [2.05, 4.69) is 8.67 Å². The Morgan fingerprint density at radius 2 is 0.933 bits per heavy atom. The van der Waals surface area contributed by atoms with E-state index < -0.39 is 28.6 Å². The van der Waals surface area contributed by atoms with Gasteiger partial charge in [0.25, 0.3) is 0 Å². The zero-order valence-corrected chi connectivity index (χ0v) is 8.88. The SMILES string of the molecule is O=P(O)(O)O.O=S(=O)(O)OOS(=O)(=O)O. The van der Waals surface area contributed by atoms with Gasteiger partial charge in [0.15, 0.2) is 0 Å². The number of rotatable bonds is 3. The maximum atomic E-state index is 9.51. The van der Waals surface area contributed by atoms with Crippen LogP contribution in [0.15, 0.2) is 0 Å². The fourth-order valence-corrected chi connectivity index (χ4v) is 0.632. The van der Waals surface area contributed by atoms with Crippen LogP contribution in [0, 0.1) is 0 Å². The van der Waals surface area contributed by atoms with Crippen molar-refractivity contribution >= 4 is 28.6 Å². The fraction of sp³-hybridized carbons (Fsp3) is 0. The normalized spacial score (nSPS) is 12.9. The Kier molecular flexibility index (Phi) is 6.68. The van der Waals surface area contributed by atoms with Gasteiger partial charge in [0.2, 0.25) is 0 Å². The van der Waals surface area contributed by atoms with Gasteiger partial charge < -0.3 is 14.7 Å². The van der Waals surface area contributed by atoms with Crippen molar-refractivity contribution < 1.29 is 53.9 Å². The average Bonchev–Trinajstić information content (AvgIpc) is 1.76. The van der Waals surface area contributed by atoms with Gasteiger partial charge in [-0.1, -0.05) is 8.67 Å². The van der Waals surface area contributed by atoms with Crippen molar-refractivity contribution in [3.8, 4) is 0 Å². The molecule has 0 saturated carbocycles. The molecule has 0 rings (SSSR count). The van der Waals surface area contributed by atoms with Crippen LogP contribution in [0.5, 0.6) is 0 Å². The average molecular weight is 292 g/mol. The summed E-state index contributed by atoms with van der Waals surface area (Å²) in [4.78, 5) is 21.6. The highest BCUT2D eigenvalue weighted by Crippen LogP contribution is 2.25. The smallest absolute Gasteiger partial charge is 0.303 e. The van der Waals surface area contributed by atoms with E-state index in [9.17, 15) is 16.8 Å². The molecule has 0 aliphatic rings. The van der Waals surface area contributed by atoms with Crippen LogP contribution in [-0.4, -0.2) is 40.6 Å². The fourth-order valence-electron chi connectivity index (χ4n) is 0.0702. The van der Waals surface area contributed by atoms with Crippen LogP contribution >= 0.6 is 7.82 Å². The Labute approximate surface area is 83.1 Å². The monoisotopic (exact) mass is 292 g/mol. The van der Waals surface area contributed by atoms with E-state index in [4.69, 9.17) is 28.4 Å². The summed E-state index contributed by atoms with van der Waals surface area (Å²) < 4.78 is 67.8. The topological polar surface area (TPSA) is 205 Å². The first-order chi connectivity index (χ1) is 6.21. The molecule has 0 fully saturated rings. The van der Waals surface area contributed by atoms with Crippen LogP contribution in [0.1, 0.15) is 0 Å². The van der Waals surface area contributed by atoms with Crippen LogP contribution in [0.4, 0.5) is 0 Å². The van der Waals surface area contributed by atoms with Crippen molar-refractivity contribution in [2.24, 2.45) is 0 Å². The summed E-state index contributed by atoms with van der Waals surface area (Å²) in [6, 6.07) is 0. The van der Waals surface area contributed by atoms with E-state index in [1.165, 1.54) is 0 Å². The molecule has 0 aromatic rings. The lowest BCUT2D eigenvalue weighted by Gasteiger charge is -1.92. The molecule has 12 nitrogen and oxygen atoms in total. The summed E-state index contributed by atoms with van der Waals surface area (Å²) in [6.45, 7) is 0. The van der Waals surface area contributed by atoms with Gasteiger partial charge in [-0.25, -0.2) is 4.57 Å². The maximum Gasteiger partial charge on any atom is 0.466 e. The quantitative estimate of drug-likeness (QED) is 0.160. The lowest BCUT2D eigenvalue weighted by atomic mass is 14.9. The van der Waals surface area contributed by atoms with E-state index in [1.54, 1.807) is 0 Å². The molecule has 0 heterocycles. The molecule has 15 heavy (non-hydrogen) atoms. The predicted molar refractivity (Wildman–Crippen MR) is 39.5 cm³/mol. The van der Waals surface area contributed by atoms with Gasteiger partial charge >= 0.3 is 28.6 Å². The molecule has 0 aromatic carbocycles. The van der Waals surface area contributed by atoms with Crippen molar-refractivity contribution in [1.82, 2.24) is 0 Å². The van der Waals surface area contributed by atoms with Gasteiger partial charge in [-0.05, 0) is 0 Å². The van der Waals surface area contributed by atoms with E-state index >= 15 is 0 Å². The zero-order valence-electron chi connectivity index (χ0n) is 6.36. The van der Waals surface area contributed by atoms with Gasteiger partial charge in [-0.2, -0.15) is 16.8 Å². The molecule has 0 aromatic heterocycles. The molecule has 0 aliphatic heterocycles. The minimum Gasteiger partial charge on any atom is -0.303 e. The molecule has 0 spiro atoms. The summed E-state index contributed by atoms with van der Waals surface area (Å²) in [7, 11) is -14.7. The van der Waals surface area contributed by atoms with Crippen molar-refractivity contribution in [1.29, 1.82) is 0 Å². The first-order valence-electron chi connectivity index (χ1n) is 2.31. The lowest BCUT2D eigenvalue weighted by molar-refractivity contribution is -0.105. The van der Waals surface area contributed by atoms with Crippen molar-refractivity contribution in [3.63, 3.8) is 0 Å². The zero-order chi connectivity index (χ0) is 12.9. The third-order valence-electron chi connectivity index (χ3n) is 0.200. The molecule has 0 amide bonds. The van der Waals surface area contributed by atoms with Crippen LogP contribution in [0.2, 0.25) is 0 Å². The van der Waals surface area contributed by atoms with Crippen LogP contribution in [-0.2, 0) is 34.0 Å². The Balaban J connectivity index is 0. The van der Waals surface area contributed by atoms with Crippen molar-refractivity contribution in [2.45, 2.75) is 0 Å². The molecule has 15 heteroatoms. The Bertz CT molecular complexity index is 362. The van der Waals surface area contributed by atoms with Gasteiger partial charge in [0, 0.05) is 0 Å². The molecular weight excluding hydrogens is 287 g/mol. The number of hydrogen-bond donors (Lipinski definition) is 5. The summed E-state index contributed by atoms with van der Waals surface area (Å²) >= 11 is 0. The van der Waals surface area contributed by atoms with Crippen molar-refractivity contribution in [2.75, 3.05) is 0 Å². The van der Waals surface area contributed by atoms with Crippen LogP contribution in [0.3, 0.4) is 0 Å². The molecule has 0 unspecified atom stereocenters. The molecule has 0 radical (unpaired) electrons.